The second kappa shape index (κ2) is 7.09. The maximum absolute atomic E-state index is 12.5. The average Bonchev–Trinajstić information content (AvgIpc) is 3.00. The third-order valence-electron chi connectivity index (χ3n) is 3.88. The lowest BCUT2D eigenvalue weighted by Crippen LogP contribution is -2.26. The van der Waals surface area contributed by atoms with Crippen molar-refractivity contribution in [3.05, 3.63) is 65.4 Å². The first-order chi connectivity index (χ1) is 12.1. The SMILES string of the molecule is Cc1onc(-c2ccccc2)c1C(=O)NCCc1ccc(O)c(O)c1. The van der Waals surface area contributed by atoms with Crippen LogP contribution >= 0.6 is 0 Å². The van der Waals surface area contributed by atoms with Crippen LogP contribution in [0.1, 0.15) is 21.7 Å². The van der Waals surface area contributed by atoms with Crippen LogP contribution in [0.3, 0.4) is 0 Å². The molecule has 3 rings (SSSR count). The number of phenols is 2. The highest BCUT2D eigenvalue weighted by atomic mass is 16.5. The zero-order valence-electron chi connectivity index (χ0n) is 13.7. The lowest BCUT2D eigenvalue weighted by molar-refractivity contribution is 0.0953. The Bertz CT molecular complexity index is 888. The Hall–Kier alpha value is -3.28. The number of aryl methyl sites for hydroxylation is 1. The highest BCUT2D eigenvalue weighted by Crippen LogP contribution is 2.26. The monoisotopic (exact) mass is 338 g/mol. The summed E-state index contributed by atoms with van der Waals surface area (Å²) in [6.07, 6.45) is 0.518. The van der Waals surface area contributed by atoms with Crippen molar-refractivity contribution in [1.29, 1.82) is 0 Å². The minimum atomic E-state index is -0.263. The number of carbonyl (C=O) groups is 1. The van der Waals surface area contributed by atoms with Crippen molar-refractivity contribution in [2.45, 2.75) is 13.3 Å². The molecule has 6 heteroatoms. The van der Waals surface area contributed by atoms with Crippen LogP contribution in [0.15, 0.2) is 53.1 Å². The van der Waals surface area contributed by atoms with Gasteiger partial charge < -0.3 is 20.1 Å². The number of benzene rings is 2. The van der Waals surface area contributed by atoms with Gasteiger partial charge in [0.05, 0.1) is 0 Å². The van der Waals surface area contributed by atoms with Gasteiger partial charge in [-0.15, -0.1) is 0 Å². The number of amides is 1. The van der Waals surface area contributed by atoms with Crippen molar-refractivity contribution in [3.63, 3.8) is 0 Å². The molecule has 25 heavy (non-hydrogen) atoms. The van der Waals surface area contributed by atoms with Gasteiger partial charge in [0.1, 0.15) is 17.0 Å². The van der Waals surface area contributed by atoms with Crippen LogP contribution in [0, 0.1) is 6.92 Å². The molecule has 0 saturated carbocycles. The highest BCUT2D eigenvalue weighted by Gasteiger charge is 2.21. The normalized spacial score (nSPS) is 10.6. The predicted octanol–water partition coefficient (Wildman–Crippen LogP) is 3.03. The molecular formula is C19H18N2O4. The Morgan fingerprint density at radius 1 is 1.12 bits per heavy atom. The van der Waals surface area contributed by atoms with Crippen LogP contribution in [0.5, 0.6) is 11.5 Å². The third kappa shape index (κ3) is 3.63. The van der Waals surface area contributed by atoms with Gasteiger partial charge in [-0.3, -0.25) is 4.79 Å². The second-order valence-corrected chi connectivity index (χ2v) is 5.66. The molecule has 0 fully saturated rings. The van der Waals surface area contributed by atoms with E-state index in [1.807, 2.05) is 30.3 Å². The van der Waals surface area contributed by atoms with Crippen molar-refractivity contribution in [2.75, 3.05) is 6.54 Å². The Labute approximate surface area is 144 Å². The molecule has 6 nitrogen and oxygen atoms in total. The molecule has 128 valence electrons. The van der Waals surface area contributed by atoms with E-state index in [1.54, 1.807) is 13.0 Å². The van der Waals surface area contributed by atoms with Gasteiger partial charge in [-0.2, -0.15) is 0 Å². The summed E-state index contributed by atoms with van der Waals surface area (Å²) in [4.78, 5) is 12.5. The molecule has 3 N–H and O–H groups in total. The Morgan fingerprint density at radius 2 is 1.88 bits per heavy atom. The number of aromatic hydroxyl groups is 2. The molecule has 0 aliphatic rings. The molecule has 1 aromatic heterocycles. The zero-order valence-corrected chi connectivity index (χ0v) is 13.7. The van der Waals surface area contributed by atoms with Crippen LogP contribution in [-0.4, -0.2) is 27.8 Å². The third-order valence-corrected chi connectivity index (χ3v) is 3.88. The number of hydrogen-bond acceptors (Lipinski definition) is 5. The van der Waals surface area contributed by atoms with Crippen LogP contribution in [-0.2, 0) is 6.42 Å². The van der Waals surface area contributed by atoms with Crippen LogP contribution in [0.4, 0.5) is 0 Å². The van der Waals surface area contributed by atoms with E-state index in [2.05, 4.69) is 10.5 Å². The van der Waals surface area contributed by atoms with Gasteiger partial charge in [-0.25, -0.2) is 0 Å². The summed E-state index contributed by atoms with van der Waals surface area (Å²) in [7, 11) is 0. The second-order valence-electron chi connectivity index (χ2n) is 5.66. The van der Waals surface area contributed by atoms with Gasteiger partial charge in [0.25, 0.3) is 5.91 Å². The first-order valence-electron chi connectivity index (χ1n) is 7.87. The zero-order chi connectivity index (χ0) is 17.8. The summed E-state index contributed by atoms with van der Waals surface area (Å²) < 4.78 is 5.19. The summed E-state index contributed by atoms with van der Waals surface area (Å²) in [6.45, 7) is 2.08. The molecule has 0 unspecified atom stereocenters. The van der Waals surface area contributed by atoms with Gasteiger partial charge in [0, 0.05) is 12.1 Å². The van der Waals surface area contributed by atoms with Crippen molar-refractivity contribution in [2.24, 2.45) is 0 Å². The first-order valence-corrected chi connectivity index (χ1v) is 7.87. The van der Waals surface area contributed by atoms with Crippen LogP contribution in [0.25, 0.3) is 11.3 Å². The topological polar surface area (TPSA) is 95.6 Å². The smallest absolute Gasteiger partial charge is 0.257 e. The lowest BCUT2D eigenvalue weighted by atomic mass is 10.1. The van der Waals surface area contributed by atoms with Gasteiger partial charge in [-0.1, -0.05) is 41.6 Å². The maximum atomic E-state index is 12.5. The van der Waals surface area contributed by atoms with Crippen LogP contribution in [0.2, 0.25) is 0 Å². The molecule has 0 radical (unpaired) electrons. The molecule has 3 aromatic rings. The fourth-order valence-electron chi connectivity index (χ4n) is 2.57. The van der Waals surface area contributed by atoms with E-state index in [0.717, 1.165) is 11.1 Å². The number of rotatable bonds is 5. The number of carbonyl (C=O) groups excluding carboxylic acids is 1. The number of nitrogens with one attached hydrogen (secondary N) is 1. The molecule has 2 aromatic carbocycles. The summed E-state index contributed by atoms with van der Waals surface area (Å²) in [5.41, 5.74) is 2.55. The van der Waals surface area contributed by atoms with Gasteiger partial charge in [0.15, 0.2) is 11.5 Å². The van der Waals surface area contributed by atoms with Gasteiger partial charge in [0.2, 0.25) is 0 Å². The molecule has 0 saturated heterocycles. The van der Waals surface area contributed by atoms with E-state index in [-0.39, 0.29) is 17.4 Å². The molecule has 1 heterocycles. The largest absolute Gasteiger partial charge is 0.504 e. The maximum Gasteiger partial charge on any atom is 0.257 e. The summed E-state index contributed by atoms with van der Waals surface area (Å²) in [6, 6.07) is 14.0. The van der Waals surface area contributed by atoms with Gasteiger partial charge in [-0.05, 0) is 31.0 Å². The fourth-order valence-corrected chi connectivity index (χ4v) is 2.57. The minimum Gasteiger partial charge on any atom is -0.504 e. The molecule has 0 aliphatic heterocycles. The Balaban J connectivity index is 1.70. The minimum absolute atomic E-state index is 0.166. The molecule has 0 aliphatic carbocycles. The summed E-state index contributed by atoms with van der Waals surface area (Å²) in [5.74, 6) is -0.148. The van der Waals surface area contributed by atoms with E-state index in [0.29, 0.717) is 30.0 Å². The number of hydrogen-bond donors (Lipinski definition) is 3. The molecule has 1 amide bonds. The van der Waals surface area contributed by atoms with Gasteiger partial charge >= 0.3 is 0 Å². The number of phenolic OH excluding ortho intramolecular Hbond substituents is 2. The van der Waals surface area contributed by atoms with E-state index < -0.39 is 0 Å². The van der Waals surface area contributed by atoms with Crippen molar-refractivity contribution >= 4 is 5.91 Å². The summed E-state index contributed by atoms with van der Waals surface area (Å²) >= 11 is 0. The van der Waals surface area contributed by atoms with Crippen molar-refractivity contribution in [3.8, 4) is 22.8 Å². The average molecular weight is 338 g/mol. The fraction of sp³-hybridized carbons (Fsp3) is 0.158. The lowest BCUT2D eigenvalue weighted by Gasteiger charge is -2.07. The predicted molar refractivity (Wildman–Crippen MR) is 92.5 cm³/mol. The number of nitrogens with zero attached hydrogens (tertiary/aromatic N) is 1. The highest BCUT2D eigenvalue weighted by molar-refractivity contribution is 6.00. The molecule has 0 spiro atoms. The standard InChI is InChI=1S/C19H18N2O4/c1-12-17(18(21-25-12)14-5-3-2-4-6-14)19(24)20-10-9-13-7-8-15(22)16(23)11-13/h2-8,11,22-23H,9-10H2,1H3,(H,20,24). The van der Waals surface area contributed by atoms with E-state index in [1.165, 1.54) is 12.1 Å². The quantitative estimate of drug-likeness (QED) is 0.622. The molecule has 0 bridgehead atoms. The number of aromatic nitrogens is 1. The molecular weight excluding hydrogens is 320 g/mol. The van der Waals surface area contributed by atoms with Crippen molar-refractivity contribution < 1.29 is 19.5 Å². The van der Waals surface area contributed by atoms with E-state index in [9.17, 15) is 15.0 Å². The van der Waals surface area contributed by atoms with Crippen LogP contribution < -0.4 is 5.32 Å². The van der Waals surface area contributed by atoms with E-state index >= 15 is 0 Å². The van der Waals surface area contributed by atoms with Crippen molar-refractivity contribution in [1.82, 2.24) is 10.5 Å². The first kappa shape index (κ1) is 16.6. The molecule has 0 atom stereocenters. The summed E-state index contributed by atoms with van der Waals surface area (Å²) in [5, 5.41) is 25.6. The van der Waals surface area contributed by atoms with E-state index in [4.69, 9.17) is 4.52 Å². The Kier molecular flexibility index (Phi) is 4.70. The Morgan fingerprint density at radius 3 is 2.60 bits per heavy atom.